The Morgan fingerprint density at radius 3 is 2.38 bits per heavy atom. The summed E-state index contributed by atoms with van der Waals surface area (Å²) in [4.78, 5) is 23.7. The van der Waals surface area contributed by atoms with Crippen LogP contribution in [0.5, 0.6) is 0 Å². The van der Waals surface area contributed by atoms with Crippen molar-refractivity contribution in [1.82, 2.24) is 5.32 Å². The van der Waals surface area contributed by atoms with E-state index in [0.29, 0.717) is 28.5 Å². The van der Waals surface area contributed by atoms with Crippen LogP contribution in [-0.2, 0) is 25.8 Å². The van der Waals surface area contributed by atoms with Crippen molar-refractivity contribution in [3.8, 4) is 0 Å². The number of benzene rings is 1. The van der Waals surface area contributed by atoms with Gasteiger partial charge in [0, 0.05) is 16.5 Å². The molecule has 1 aliphatic heterocycles. The van der Waals surface area contributed by atoms with Crippen molar-refractivity contribution < 1.29 is 23.1 Å². The van der Waals surface area contributed by atoms with Gasteiger partial charge in [0.15, 0.2) is 9.84 Å². The van der Waals surface area contributed by atoms with Gasteiger partial charge in [0.25, 0.3) is 0 Å². The topological polar surface area (TPSA) is 101 Å². The minimum atomic E-state index is -3.53. The highest BCUT2D eigenvalue weighted by Gasteiger charge is 2.36. The van der Waals surface area contributed by atoms with Crippen LogP contribution in [0.3, 0.4) is 0 Å². The van der Waals surface area contributed by atoms with Gasteiger partial charge in [-0.3, -0.25) is 4.79 Å². The summed E-state index contributed by atoms with van der Waals surface area (Å²) in [7, 11) is -3.53. The molecule has 132 valence electrons. The number of aliphatic carboxylic acids is 1. The second-order valence-corrected chi connectivity index (χ2v) is 8.91. The first-order valence-electron chi connectivity index (χ1n) is 7.39. The van der Waals surface area contributed by atoms with Crippen LogP contribution in [-0.4, -0.2) is 42.4 Å². The lowest BCUT2D eigenvalue weighted by Gasteiger charge is -2.23. The maximum atomic E-state index is 12.2. The predicted octanol–water partition coefficient (Wildman–Crippen LogP) is 2.07. The number of carboxylic acids is 1. The molecule has 0 bridgehead atoms. The molecular weight excluding hydrogens is 377 g/mol. The van der Waals surface area contributed by atoms with Gasteiger partial charge < -0.3 is 10.4 Å². The number of hydrogen-bond donors (Lipinski definition) is 2. The molecule has 1 aromatic carbocycles. The van der Waals surface area contributed by atoms with Crippen LogP contribution in [0.1, 0.15) is 24.8 Å². The quantitative estimate of drug-likeness (QED) is 0.797. The molecule has 1 fully saturated rings. The third-order valence-electron chi connectivity index (χ3n) is 3.85. The smallest absolute Gasteiger partial charge is 0.326 e. The number of nitrogens with one attached hydrogen (secondary N) is 1. The monoisotopic (exact) mass is 393 g/mol. The fourth-order valence-corrected chi connectivity index (χ4v) is 5.06. The van der Waals surface area contributed by atoms with Gasteiger partial charge in [-0.1, -0.05) is 29.6 Å². The zero-order chi connectivity index (χ0) is 17.9. The Hall–Kier alpha value is -1.31. The van der Waals surface area contributed by atoms with Crippen molar-refractivity contribution in [2.75, 3.05) is 5.75 Å². The molecule has 2 atom stereocenters. The van der Waals surface area contributed by atoms with E-state index in [1.807, 2.05) is 0 Å². The summed E-state index contributed by atoms with van der Waals surface area (Å²) >= 11 is 11.8. The first-order chi connectivity index (χ1) is 11.2. The van der Waals surface area contributed by atoms with E-state index in [0.717, 1.165) is 0 Å². The summed E-state index contributed by atoms with van der Waals surface area (Å²) in [6.45, 7) is 0. The van der Waals surface area contributed by atoms with Gasteiger partial charge >= 0.3 is 5.97 Å². The lowest BCUT2D eigenvalue weighted by molar-refractivity contribution is -0.141. The first-order valence-corrected chi connectivity index (χ1v) is 9.86. The standard InChI is InChI=1S/C15H17Cl2NO5S/c16-10-5-9(6-11(17)8-10)7-12(15(20)21)18-14(19)13-3-1-2-4-24(13,22)23/h5-6,8,12-13H,1-4,7H2,(H,18,19)(H,20,21). The van der Waals surface area contributed by atoms with Crippen molar-refractivity contribution in [1.29, 1.82) is 0 Å². The highest BCUT2D eigenvalue weighted by Crippen LogP contribution is 2.22. The number of carboxylic acid groups (broad SMARTS) is 1. The molecule has 1 aliphatic rings. The van der Waals surface area contributed by atoms with Gasteiger partial charge in [-0.15, -0.1) is 0 Å². The van der Waals surface area contributed by atoms with Gasteiger partial charge in [0.1, 0.15) is 11.3 Å². The minimum absolute atomic E-state index is 0.0475. The van der Waals surface area contributed by atoms with E-state index in [1.54, 1.807) is 12.1 Å². The van der Waals surface area contributed by atoms with E-state index in [2.05, 4.69) is 5.32 Å². The molecule has 0 aliphatic carbocycles. The molecule has 2 N–H and O–H groups in total. The Balaban J connectivity index is 2.13. The summed E-state index contributed by atoms with van der Waals surface area (Å²) in [5, 5.41) is 11.2. The average Bonchev–Trinajstić information content (AvgIpc) is 2.44. The number of amides is 1. The fraction of sp³-hybridized carbons (Fsp3) is 0.467. The minimum Gasteiger partial charge on any atom is -0.480 e. The molecule has 2 rings (SSSR count). The predicted molar refractivity (Wildman–Crippen MR) is 91.2 cm³/mol. The van der Waals surface area contributed by atoms with E-state index in [-0.39, 0.29) is 18.6 Å². The molecule has 0 saturated carbocycles. The SMILES string of the molecule is O=C(O)C(Cc1cc(Cl)cc(Cl)c1)NC(=O)C1CCCCS1(=O)=O. The molecule has 1 aromatic rings. The van der Waals surface area contributed by atoms with Crippen molar-refractivity contribution >= 4 is 44.9 Å². The number of carbonyl (C=O) groups is 2. The average molecular weight is 394 g/mol. The van der Waals surface area contributed by atoms with Gasteiger partial charge in [-0.05, 0) is 36.6 Å². The van der Waals surface area contributed by atoms with E-state index in [1.165, 1.54) is 6.07 Å². The first kappa shape index (κ1) is 19.0. The van der Waals surface area contributed by atoms with Crippen LogP contribution in [0.4, 0.5) is 0 Å². The molecule has 0 spiro atoms. The number of carbonyl (C=O) groups excluding carboxylic acids is 1. The van der Waals surface area contributed by atoms with Crippen LogP contribution in [0.2, 0.25) is 10.0 Å². The molecule has 6 nitrogen and oxygen atoms in total. The maximum Gasteiger partial charge on any atom is 0.326 e. The van der Waals surface area contributed by atoms with E-state index < -0.39 is 33.0 Å². The Kier molecular flexibility index (Phi) is 6.11. The molecular formula is C15H17Cl2NO5S. The Labute approximate surface area is 150 Å². The number of sulfone groups is 1. The van der Waals surface area contributed by atoms with E-state index >= 15 is 0 Å². The molecule has 9 heteroatoms. The van der Waals surface area contributed by atoms with Crippen molar-refractivity contribution in [2.45, 2.75) is 37.0 Å². The van der Waals surface area contributed by atoms with Crippen LogP contribution < -0.4 is 5.32 Å². The number of rotatable bonds is 5. The Morgan fingerprint density at radius 2 is 1.83 bits per heavy atom. The third-order valence-corrected chi connectivity index (χ3v) is 6.46. The van der Waals surface area contributed by atoms with Gasteiger partial charge in [-0.2, -0.15) is 0 Å². The largest absolute Gasteiger partial charge is 0.480 e. The normalized spacial score (nSPS) is 21.0. The van der Waals surface area contributed by atoms with Crippen LogP contribution >= 0.6 is 23.2 Å². The van der Waals surface area contributed by atoms with Gasteiger partial charge in [0.05, 0.1) is 5.75 Å². The van der Waals surface area contributed by atoms with Crippen molar-refractivity contribution in [3.63, 3.8) is 0 Å². The van der Waals surface area contributed by atoms with Gasteiger partial charge in [-0.25, -0.2) is 13.2 Å². The summed E-state index contributed by atoms with van der Waals surface area (Å²) in [6.07, 6.45) is 1.31. The molecule has 24 heavy (non-hydrogen) atoms. The Morgan fingerprint density at radius 1 is 1.21 bits per heavy atom. The molecule has 2 unspecified atom stereocenters. The zero-order valence-electron chi connectivity index (χ0n) is 12.7. The summed E-state index contributed by atoms with van der Waals surface area (Å²) in [5.41, 5.74) is 0.534. The number of hydrogen-bond acceptors (Lipinski definition) is 4. The summed E-state index contributed by atoms with van der Waals surface area (Å²) in [6, 6.07) is 3.35. The second kappa shape index (κ2) is 7.72. The Bertz CT molecular complexity index is 730. The van der Waals surface area contributed by atoms with E-state index in [9.17, 15) is 23.1 Å². The molecule has 0 aromatic heterocycles. The maximum absolute atomic E-state index is 12.2. The molecule has 0 radical (unpaired) electrons. The molecule has 1 heterocycles. The second-order valence-electron chi connectivity index (χ2n) is 5.73. The fourth-order valence-electron chi connectivity index (χ4n) is 2.68. The van der Waals surface area contributed by atoms with Crippen LogP contribution in [0, 0.1) is 0 Å². The zero-order valence-corrected chi connectivity index (χ0v) is 15.0. The summed E-state index contributed by atoms with van der Waals surface area (Å²) < 4.78 is 24.0. The van der Waals surface area contributed by atoms with Crippen molar-refractivity contribution in [3.05, 3.63) is 33.8 Å². The lowest BCUT2D eigenvalue weighted by Crippen LogP contribution is -2.50. The summed E-state index contributed by atoms with van der Waals surface area (Å²) in [5.74, 6) is -2.07. The van der Waals surface area contributed by atoms with Crippen LogP contribution in [0.15, 0.2) is 18.2 Å². The van der Waals surface area contributed by atoms with E-state index in [4.69, 9.17) is 23.2 Å². The lowest BCUT2D eigenvalue weighted by atomic mass is 10.1. The molecule has 1 saturated heterocycles. The highest BCUT2D eigenvalue weighted by molar-refractivity contribution is 7.92. The molecule has 1 amide bonds. The van der Waals surface area contributed by atoms with Gasteiger partial charge in [0.2, 0.25) is 5.91 Å². The van der Waals surface area contributed by atoms with Crippen molar-refractivity contribution in [2.24, 2.45) is 0 Å². The van der Waals surface area contributed by atoms with Crippen LogP contribution in [0.25, 0.3) is 0 Å². The third kappa shape index (κ3) is 4.84. The highest BCUT2D eigenvalue weighted by atomic mass is 35.5. The number of halogens is 2.